The third-order valence-corrected chi connectivity index (χ3v) is 7.31. The first-order valence-corrected chi connectivity index (χ1v) is 11.8. The van der Waals surface area contributed by atoms with Crippen molar-refractivity contribution in [3.05, 3.63) is 69.7 Å². The predicted molar refractivity (Wildman–Crippen MR) is 121 cm³/mol. The van der Waals surface area contributed by atoms with Crippen molar-refractivity contribution in [2.45, 2.75) is 69.4 Å². The fourth-order valence-corrected chi connectivity index (χ4v) is 5.33. The fraction of sp³-hybridized carbons (Fsp3) is 0.480. The second kappa shape index (κ2) is 9.87. The van der Waals surface area contributed by atoms with E-state index in [1.807, 2.05) is 19.1 Å². The highest BCUT2D eigenvalue weighted by molar-refractivity contribution is 6.31. The largest absolute Gasteiger partial charge is 0.416 e. The van der Waals surface area contributed by atoms with Gasteiger partial charge in [-0.05, 0) is 61.6 Å². The highest BCUT2D eigenvalue weighted by Gasteiger charge is 2.52. The van der Waals surface area contributed by atoms with Gasteiger partial charge in [-0.2, -0.15) is 26.3 Å². The van der Waals surface area contributed by atoms with Crippen molar-refractivity contribution >= 4 is 17.5 Å². The van der Waals surface area contributed by atoms with Gasteiger partial charge in [0.15, 0.2) is 0 Å². The van der Waals surface area contributed by atoms with Gasteiger partial charge in [0, 0.05) is 23.1 Å². The first kappa shape index (κ1) is 26.8. The van der Waals surface area contributed by atoms with Gasteiger partial charge in [0.1, 0.15) is 0 Å². The molecular formula is C25H25ClF6N2O2. The van der Waals surface area contributed by atoms with Crippen LogP contribution >= 0.6 is 11.6 Å². The van der Waals surface area contributed by atoms with Gasteiger partial charge in [-0.15, -0.1) is 0 Å². The molecule has 2 saturated heterocycles. The lowest BCUT2D eigenvalue weighted by atomic mass is 9.88. The number of fused-ring (bicyclic) bond motifs is 2. The first-order valence-electron chi connectivity index (χ1n) is 11.4. The molecule has 2 heterocycles. The third kappa shape index (κ3) is 5.81. The van der Waals surface area contributed by atoms with Gasteiger partial charge in [0.25, 0.3) is 0 Å². The number of halogens is 7. The standard InChI is InChI=1S/C25H25ClF6N2O2/c1-23-11-18(22(35)33-12-15-4-2-3-5-19(15)26)20(34-23)6-7-21(23)36-13-14-8-16(24(27,28)29)10-17(9-14)25(30,31)32/h2-5,8-10,18,20-21,34H,6-7,11-13H2,1H3,(H,33,35). The van der Waals surface area contributed by atoms with Crippen LogP contribution in [0.5, 0.6) is 0 Å². The van der Waals surface area contributed by atoms with Gasteiger partial charge in [-0.3, -0.25) is 4.79 Å². The van der Waals surface area contributed by atoms with E-state index < -0.39 is 41.7 Å². The zero-order valence-electron chi connectivity index (χ0n) is 19.3. The zero-order chi connectivity index (χ0) is 26.3. The minimum absolute atomic E-state index is 0.0976. The van der Waals surface area contributed by atoms with E-state index in [0.29, 0.717) is 36.4 Å². The monoisotopic (exact) mass is 534 g/mol. The van der Waals surface area contributed by atoms with Crippen LogP contribution in [0, 0.1) is 5.92 Å². The van der Waals surface area contributed by atoms with E-state index in [2.05, 4.69) is 10.6 Å². The van der Waals surface area contributed by atoms with Crippen LogP contribution < -0.4 is 10.6 Å². The molecule has 4 rings (SSSR count). The molecule has 2 aliphatic rings. The van der Waals surface area contributed by atoms with E-state index in [1.54, 1.807) is 12.1 Å². The first-order chi connectivity index (χ1) is 16.8. The van der Waals surface area contributed by atoms with E-state index in [9.17, 15) is 31.1 Å². The molecule has 2 fully saturated rings. The normalized spacial score (nSPS) is 26.2. The Balaban J connectivity index is 1.42. The molecule has 0 spiro atoms. The Labute approximate surface area is 209 Å². The van der Waals surface area contributed by atoms with Crippen molar-refractivity contribution < 1.29 is 35.9 Å². The number of hydrogen-bond donors (Lipinski definition) is 2. The van der Waals surface area contributed by atoms with Gasteiger partial charge in [-0.1, -0.05) is 29.8 Å². The van der Waals surface area contributed by atoms with Crippen LogP contribution in [0.3, 0.4) is 0 Å². The second-order valence-electron chi connectivity index (χ2n) is 9.58. The molecule has 196 valence electrons. The quantitative estimate of drug-likeness (QED) is 0.440. The van der Waals surface area contributed by atoms with Crippen LogP contribution in [0.2, 0.25) is 5.02 Å². The molecule has 2 aromatic carbocycles. The Kier molecular flexibility index (Phi) is 7.34. The number of ether oxygens (including phenoxy) is 1. The Bertz CT molecular complexity index is 1090. The van der Waals surface area contributed by atoms with Crippen LogP contribution in [0.4, 0.5) is 26.3 Å². The zero-order valence-corrected chi connectivity index (χ0v) is 20.0. The fourth-order valence-electron chi connectivity index (χ4n) is 5.13. The Morgan fingerprint density at radius 1 is 1.08 bits per heavy atom. The van der Waals surface area contributed by atoms with Crippen LogP contribution in [0.1, 0.15) is 48.4 Å². The maximum Gasteiger partial charge on any atom is 0.416 e. The SMILES string of the molecule is CC12CC(C(=O)NCc3ccccc3Cl)C(CCC1OCc1cc(C(F)(F)F)cc(C(F)(F)F)c1)N2. The van der Waals surface area contributed by atoms with Gasteiger partial charge in [0.05, 0.1) is 29.8 Å². The molecule has 11 heteroatoms. The lowest BCUT2D eigenvalue weighted by Gasteiger charge is -2.39. The predicted octanol–water partition coefficient (Wildman–Crippen LogP) is 6.11. The summed E-state index contributed by atoms with van der Waals surface area (Å²) in [6, 6.07) is 8.51. The topological polar surface area (TPSA) is 50.4 Å². The highest BCUT2D eigenvalue weighted by atomic mass is 35.5. The minimum atomic E-state index is -4.92. The number of hydrogen-bond acceptors (Lipinski definition) is 3. The molecule has 0 saturated carbocycles. The lowest BCUT2D eigenvalue weighted by molar-refractivity contribution is -0.143. The van der Waals surface area contributed by atoms with Crippen LogP contribution in [0.25, 0.3) is 0 Å². The molecule has 4 unspecified atom stereocenters. The van der Waals surface area contributed by atoms with Crippen molar-refractivity contribution in [1.82, 2.24) is 10.6 Å². The number of benzene rings is 2. The summed E-state index contributed by atoms with van der Waals surface area (Å²) < 4.78 is 84.8. The van der Waals surface area contributed by atoms with E-state index in [0.717, 1.165) is 5.56 Å². The smallest absolute Gasteiger partial charge is 0.372 e. The molecule has 1 amide bonds. The van der Waals surface area contributed by atoms with Gasteiger partial charge in [0.2, 0.25) is 5.91 Å². The third-order valence-electron chi connectivity index (χ3n) is 6.94. The van der Waals surface area contributed by atoms with E-state index in [4.69, 9.17) is 16.3 Å². The molecule has 4 nitrogen and oxygen atoms in total. The summed E-state index contributed by atoms with van der Waals surface area (Å²) in [7, 11) is 0. The van der Waals surface area contributed by atoms with Crippen molar-refractivity contribution in [2.24, 2.45) is 5.92 Å². The summed E-state index contributed by atoms with van der Waals surface area (Å²) in [4.78, 5) is 12.9. The molecule has 0 aromatic heterocycles. The van der Waals surface area contributed by atoms with E-state index in [-0.39, 0.29) is 36.0 Å². The maximum absolute atomic E-state index is 13.2. The van der Waals surface area contributed by atoms with Crippen molar-refractivity contribution in [3.63, 3.8) is 0 Å². The van der Waals surface area contributed by atoms with E-state index in [1.165, 1.54) is 0 Å². The average Bonchev–Trinajstić information content (AvgIpc) is 3.07. The Hall–Kier alpha value is -2.30. The molecule has 0 aliphatic carbocycles. The van der Waals surface area contributed by atoms with Crippen LogP contribution in [-0.4, -0.2) is 23.6 Å². The molecule has 0 radical (unpaired) electrons. The lowest BCUT2D eigenvalue weighted by Crippen LogP contribution is -2.55. The molecule has 2 aliphatic heterocycles. The summed E-state index contributed by atoms with van der Waals surface area (Å²) in [6.07, 6.45) is -8.80. The molecule has 2 bridgehead atoms. The highest BCUT2D eigenvalue weighted by Crippen LogP contribution is 2.42. The van der Waals surface area contributed by atoms with Crippen LogP contribution in [-0.2, 0) is 35.0 Å². The minimum Gasteiger partial charge on any atom is -0.372 e. The van der Waals surface area contributed by atoms with Gasteiger partial charge < -0.3 is 15.4 Å². The number of nitrogens with one attached hydrogen (secondary N) is 2. The number of rotatable bonds is 6. The second-order valence-corrected chi connectivity index (χ2v) is 9.99. The molecule has 4 atom stereocenters. The number of piperidine rings is 1. The number of amides is 1. The Morgan fingerprint density at radius 3 is 2.33 bits per heavy atom. The average molecular weight is 535 g/mol. The number of carbonyl (C=O) groups excluding carboxylic acids is 1. The molecule has 2 aromatic rings. The van der Waals surface area contributed by atoms with Gasteiger partial charge >= 0.3 is 12.4 Å². The number of alkyl halides is 6. The Morgan fingerprint density at radius 2 is 1.72 bits per heavy atom. The number of carbonyl (C=O) groups is 1. The maximum atomic E-state index is 13.2. The summed E-state index contributed by atoms with van der Waals surface area (Å²) in [6.45, 7) is 1.72. The van der Waals surface area contributed by atoms with E-state index >= 15 is 0 Å². The van der Waals surface area contributed by atoms with Crippen molar-refractivity contribution in [3.8, 4) is 0 Å². The van der Waals surface area contributed by atoms with Crippen molar-refractivity contribution in [1.29, 1.82) is 0 Å². The van der Waals surface area contributed by atoms with Crippen LogP contribution in [0.15, 0.2) is 42.5 Å². The molecule has 2 N–H and O–H groups in total. The van der Waals surface area contributed by atoms with Gasteiger partial charge in [-0.25, -0.2) is 0 Å². The molecule has 36 heavy (non-hydrogen) atoms. The van der Waals surface area contributed by atoms with Crippen molar-refractivity contribution in [2.75, 3.05) is 0 Å². The summed E-state index contributed by atoms with van der Waals surface area (Å²) in [5, 5.41) is 6.85. The summed E-state index contributed by atoms with van der Waals surface area (Å²) in [5.41, 5.74) is -2.83. The molecular weight excluding hydrogens is 510 g/mol. The summed E-state index contributed by atoms with van der Waals surface area (Å²) >= 11 is 6.15. The summed E-state index contributed by atoms with van der Waals surface area (Å²) in [5.74, 6) is -0.499.